The van der Waals surface area contributed by atoms with Crippen LogP contribution in [0.15, 0.2) is 43.8 Å². The largest absolute Gasteiger partial charge is 0.495 e. The maximum atomic E-state index is 13.1. The van der Waals surface area contributed by atoms with Crippen molar-refractivity contribution in [1.82, 2.24) is 15.1 Å². The summed E-state index contributed by atoms with van der Waals surface area (Å²) in [7, 11) is 3.07. The van der Waals surface area contributed by atoms with Gasteiger partial charge in [-0.1, -0.05) is 6.92 Å². The van der Waals surface area contributed by atoms with Crippen LogP contribution in [0.3, 0.4) is 0 Å². The lowest BCUT2D eigenvalue weighted by Gasteiger charge is -2.21. The molecule has 0 spiro atoms. The number of carbonyl (C=O) groups is 1. The van der Waals surface area contributed by atoms with E-state index >= 15 is 0 Å². The number of furan rings is 1. The van der Waals surface area contributed by atoms with Crippen molar-refractivity contribution in [3.8, 4) is 23.1 Å². The lowest BCUT2D eigenvalue weighted by Crippen LogP contribution is -2.31. The Morgan fingerprint density at radius 2 is 1.93 bits per heavy atom. The Labute approximate surface area is 170 Å². The van der Waals surface area contributed by atoms with Gasteiger partial charge in [0.05, 0.1) is 27.0 Å². The first-order valence-electron chi connectivity index (χ1n) is 8.64. The summed E-state index contributed by atoms with van der Waals surface area (Å²) < 4.78 is 22.2. The number of benzene rings is 1. The molecule has 0 bridgehead atoms. The first kappa shape index (κ1) is 19.9. The summed E-state index contributed by atoms with van der Waals surface area (Å²) >= 11 is 3.41. The summed E-state index contributed by atoms with van der Waals surface area (Å²) in [4.78, 5) is 14.8. The highest BCUT2D eigenvalue weighted by molar-refractivity contribution is 9.10. The number of hydrogen-bond donors (Lipinski definition) is 0. The predicted octanol–water partition coefficient (Wildman–Crippen LogP) is 4.16. The quantitative estimate of drug-likeness (QED) is 0.509. The molecule has 0 atom stereocenters. The Kier molecular flexibility index (Phi) is 6.35. The molecule has 3 aromatic rings. The van der Waals surface area contributed by atoms with E-state index in [2.05, 4.69) is 26.1 Å². The van der Waals surface area contributed by atoms with Crippen molar-refractivity contribution in [1.29, 1.82) is 0 Å². The SMILES string of the molecule is CCCN(Cc1nnc(-c2ccco2)o1)C(=O)c1cc(OC)c(Br)c(OC)c1. The van der Waals surface area contributed by atoms with E-state index in [1.54, 1.807) is 29.2 Å². The zero-order valence-electron chi connectivity index (χ0n) is 15.8. The van der Waals surface area contributed by atoms with Crippen LogP contribution in [0.25, 0.3) is 11.7 Å². The predicted molar refractivity (Wildman–Crippen MR) is 104 cm³/mol. The van der Waals surface area contributed by atoms with Gasteiger partial charge in [0.15, 0.2) is 5.76 Å². The number of carbonyl (C=O) groups excluding carboxylic acids is 1. The molecule has 2 aromatic heterocycles. The molecule has 0 aliphatic heterocycles. The maximum Gasteiger partial charge on any atom is 0.283 e. The fourth-order valence-corrected chi connectivity index (χ4v) is 3.23. The minimum atomic E-state index is -0.191. The Bertz CT molecular complexity index is 914. The topological polar surface area (TPSA) is 90.8 Å². The van der Waals surface area contributed by atoms with Crippen molar-refractivity contribution >= 4 is 21.8 Å². The molecule has 0 unspecified atom stereocenters. The molecule has 0 aliphatic carbocycles. The van der Waals surface area contributed by atoms with Crippen molar-refractivity contribution in [3.05, 3.63) is 46.5 Å². The average Bonchev–Trinajstić information content (AvgIpc) is 3.39. The van der Waals surface area contributed by atoms with Gasteiger partial charge in [0.1, 0.15) is 16.0 Å². The molecule has 0 N–H and O–H groups in total. The normalized spacial score (nSPS) is 10.7. The van der Waals surface area contributed by atoms with Gasteiger partial charge in [-0.15, -0.1) is 10.2 Å². The van der Waals surface area contributed by atoms with E-state index in [0.717, 1.165) is 6.42 Å². The van der Waals surface area contributed by atoms with Gasteiger partial charge in [-0.25, -0.2) is 0 Å². The minimum absolute atomic E-state index is 0.182. The first-order valence-corrected chi connectivity index (χ1v) is 9.43. The monoisotopic (exact) mass is 449 g/mol. The van der Waals surface area contributed by atoms with Crippen molar-refractivity contribution in [2.24, 2.45) is 0 Å². The van der Waals surface area contributed by atoms with Crippen molar-refractivity contribution < 1.29 is 23.1 Å². The minimum Gasteiger partial charge on any atom is -0.495 e. The van der Waals surface area contributed by atoms with Crippen LogP contribution in [0.1, 0.15) is 29.6 Å². The number of methoxy groups -OCH3 is 2. The summed E-state index contributed by atoms with van der Waals surface area (Å²) in [5.41, 5.74) is 0.441. The summed E-state index contributed by atoms with van der Waals surface area (Å²) in [5.74, 6) is 1.91. The summed E-state index contributed by atoms with van der Waals surface area (Å²) in [6.45, 7) is 2.70. The Hall–Kier alpha value is -2.81. The van der Waals surface area contributed by atoms with Gasteiger partial charge in [-0.2, -0.15) is 0 Å². The van der Waals surface area contributed by atoms with Crippen LogP contribution >= 0.6 is 15.9 Å². The molecule has 0 radical (unpaired) electrons. The smallest absolute Gasteiger partial charge is 0.283 e. The second-order valence-electron chi connectivity index (χ2n) is 5.90. The van der Waals surface area contributed by atoms with E-state index in [0.29, 0.717) is 39.7 Å². The molecule has 28 heavy (non-hydrogen) atoms. The molecule has 8 nitrogen and oxygen atoms in total. The molecule has 2 heterocycles. The van der Waals surface area contributed by atoms with E-state index in [1.165, 1.54) is 20.5 Å². The number of rotatable bonds is 8. The van der Waals surface area contributed by atoms with E-state index in [4.69, 9.17) is 18.3 Å². The highest BCUT2D eigenvalue weighted by Crippen LogP contribution is 2.36. The molecule has 0 fully saturated rings. The summed E-state index contributed by atoms with van der Waals surface area (Å²) in [5, 5.41) is 8.00. The first-order chi connectivity index (χ1) is 13.6. The molecule has 9 heteroatoms. The number of halogens is 1. The number of ether oxygens (including phenoxy) is 2. The van der Waals surface area contributed by atoms with Gasteiger partial charge < -0.3 is 23.2 Å². The van der Waals surface area contributed by atoms with Crippen LogP contribution in [0.4, 0.5) is 0 Å². The standard InChI is InChI=1S/C19H20BrN3O5/c1-4-7-23(11-16-21-22-18(28-16)13-6-5-8-27-13)19(24)12-9-14(25-2)17(20)15(10-12)26-3/h5-6,8-10H,4,7,11H2,1-3H3. The molecule has 0 saturated heterocycles. The van der Waals surface area contributed by atoms with Gasteiger partial charge in [0.25, 0.3) is 11.8 Å². The van der Waals surface area contributed by atoms with E-state index < -0.39 is 0 Å². The average molecular weight is 450 g/mol. The third-order valence-corrected chi connectivity index (χ3v) is 4.78. The van der Waals surface area contributed by atoms with Crippen LogP contribution in [0.2, 0.25) is 0 Å². The lowest BCUT2D eigenvalue weighted by molar-refractivity contribution is 0.0728. The molecule has 1 aromatic carbocycles. The van der Waals surface area contributed by atoms with Gasteiger partial charge in [-0.05, 0) is 46.6 Å². The van der Waals surface area contributed by atoms with Gasteiger partial charge in [0.2, 0.25) is 5.89 Å². The summed E-state index contributed by atoms with van der Waals surface area (Å²) in [6, 6.07) is 6.80. The third-order valence-electron chi connectivity index (χ3n) is 4.00. The Morgan fingerprint density at radius 1 is 1.21 bits per heavy atom. The fraction of sp³-hybridized carbons (Fsp3) is 0.316. The number of hydrogen-bond acceptors (Lipinski definition) is 7. The zero-order chi connectivity index (χ0) is 20.1. The molecule has 1 amide bonds. The second-order valence-corrected chi connectivity index (χ2v) is 6.69. The van der Waals surface area contributed by atoms with Gasteiger partial charge in [-0.3, -0.25) is 4.79 Å². The zero-order valence-corrected chi connectivity index (χ0v) is 17.4. The molecule has 148 valence electrons. The maximum absolute atomic E-state index is 13.1. The molecular formula is C19H20BrN3O5. The van der Waals surface area contributed by atoms with E-state index in [1.807, 2.05) is 6.92 Å². The lowest BCUT2D eigenvalue weighted by atomic mass is 10.1. The number of amides is 1. The van der Waals surface area contributed by atoms with Crippen LogP contribution < -0.4 is 9.47 Å². The highest BCUT2D eigenvalue weighted by atomic mass is 79.9. The third kappa shape index (κ3) is 4.19. The highest BCUT2D eigenvalue weighted by Gasteiger charge is 2.22. The molecule has 0 aliphatic rings. The van der Waals surface area contributed by atoms with Crippen molar-refractivity contribution in [3.63, 3.8) is 0 Å². The second kappa shape index (κ2) is 8.92. The van der Waals surface area contributed by atoms with Crippen LogP contribution in [-0.2, 0) is 6.54 Å². The Balaban J connectivity index is 1.85. The van der Waals surface area contributed by atoms with Crippen molar-refractivity contribution in [2.75, 3.05) is 20.8 Å². The van der Waals surface area contributed by atoms with Crippen molar-refractivity contribution in [2.45, 2.75) is 19.9 Å². The van der Waals surface area contributed by atoms with Gasteiger partial charge >= 0.3 is 0 Å². The molecule has 3 rings (SSSR count). The fourth-order valence-electron chi connectivity index (χ4n) is 2.68. The van der Waals surface area contributed by atoms with Crippen LogP contribution in [0, 0.1) is 0 Å². The number of aromatic nitrogens is 2. The summed E-state index contributed by atoms with van der Waals surface area (Å²) in [6.07, 6.45) is 2.30. The Morgan fingerprint density at radius 3 is 2.50 bits per heavy atom. The van der Waals surface area contributed by atoms with Crippen LogP contribution in [0.5, 0.6) is 11.5 Å². The number of nitrogens with zero attached hydrogens (tertiary/aromatic N) is 3. The van der Waals surface area contributed by atoms with Crippen LogP contribution in [-0.4, -0.2) is 41.8 Å². The molecular weight excluding hydrogens is 430 g/mol. The molecule has 0 saturated carbocycles. The van der Waals surface area contributed by atoms with E-state index in [9.17, 15) is 4.79 Å². The van der Waals surface area contributed by atoms with E-state index in [-0.39, 0.29) is 18.3 Å². The van der Waals surface area contributed by atoms with Gasteiger partial charge in [0, 0.05) is 12.1 Å².